The number of halogens is 1. The maximum absolute atomic E-state index is 13.3. The van der Waals surface area contributed by atoms with E-state index in [1.165, 1.54) is 0 Å². The summed E-state index contributed by atoms with van der Waals surface area (Å²) in [6.07, 6.45) is 3.32. The largest absolute Gasteiger partial charge is 0.493 e. The van der Waals surface area contributed by atoms with Crippen molar-refractivity contribution in [2.75, 3.05) is 24.7 Å². The van der Waals surface area contributed by atoms with E-state index >= 15 is 0 Å². The first-order chi connectivity index (χ1) is 13.7. The Kier molecular flexibility index (Phi) is 5.71. The van der Waals surface area contributed by atoms with Gasteiger partial charge in [0, 0.05) is 15.6 Å². The van der Waals surface area contributed by atoms with Gasteiger partial charge in [0.1, 0.15) is 5.75 Å². The number of carbonyl (C=O) groups is 1. The summed E-state index contributed by atoms with van der Waals surface area (Å²) in [4.78, 5) is 15.1. The summed E-state index contributed by atoms with van der Waals surface area (Å²) in [6, 6.07) is 13.7. The molecule has 6 heteroatoms. The van der Waals surface area contributed by atoms with Crippen molar-refractivity contribution < 1.29 is 19.0 Å². The molecule has 1 fully saturated rings. The quantitative estimate of drug-likeness (QED) is 0.576. The van der Waals surface area contributed by atoms with Crippen LogP contribution in [-0.4, -0.2) is 25.7 Å². The summed E-state index contributed by atoms with van der Waals surface area (Å²) < 4.78 is 18.5. The van der Waals surface area contributed by atoms with Gasteiger partial charge in [-0.15, -0.1) is 0 Å². The molecule has 0 bridgehead atoms. The maximum Gasteiger partial charge on any atom is 0.292 e. The van der Waals surface area contributed by atoms with E-state index in [9.17, 15) is 4.79 Å². The molecule has 0 radical (unpaired) electrons. The molecule has 148 valence electrons. The Hall–Kier alpha value is -1.89. The highest BCUT2D eigenvalue weighted by atomic mass is 79.9. The van der Waals surface area contributed by atoms with Crippen LogP contribution in [0.1, 0.15) is 37.3 Å². The number of fused-ring (bicyclic) bond motifs is 2. The number of nitrogens with zero attached hydrogens (tertiary/aromatic N) is 1. The van der Waals surface area contributed by atoms with E-state index in [4.69, 9.17) is 14.2 Å². The van der Waals surface area contributed by atoms with Gasteiger partial charge in [0.2, 0.25) is 0 Å². The van der Waals surface area contributed by atoms with Crippen LogP contribution in [0.3, 0.4) is 0 Å². The number of hydrogen-bond acceptors (Lipinski definition) is 4. The van der Waals surface area contributed by atoms with E-state index in [1.54, 1.807) is 4.90 Å². The monoisotopic (exact) mass is 445 g/mol. The van der Waals surface area contributed by atoms with Crippen LogP contribution in [0.25, 0.3) is 0 Å². The van der Waals surface area contributed by atoms with Crippen molar-refractivity contribution in [3.63, 3.8) is 0 Å². The lowest BCUT2D eigenvalue weighted by atomic mass is 10.1. The summed E-state index contributed by atoms with van der Waals surface area (Å²) in [5.41, 5.74) is 2.54. The van der Waals surface area contributed by atoms with Crippen molar-refractivity contribution in [2.24, 2.45) is 0 Å². The first-order valence-corrected chi connectivity index (χ1v) is 10.6. The van der Waals surface area contributed by atoms with E-state index in [0.717, 1.165) is 46.3 Å². The highest BCUT2D eigenvalue weighted by Gasteiger charge is 2.56. The van der Waals surface area contributed by atoms with Crippen LogP contribution < -0.4 is 9.64 Å². The van der Waals surface area contributed by atoms with Crippen LogP contribution in [0.5, 0.6) is 5.75 Å². The Labute approximate surface area is 173 Å². The molecule has 2 aliphatic rings. The predicted molar refractivity (Wildman–Crippen MR) is 110 cm³/mol. The smallest absolute Gasteiger partial charge is 0.292 e. The van der Waals surface area contributed by atoms with Crippen LogP contribution in [0.4, 0.5) is 5.69 Å². The van der Waals surface area contributed by atoms with Gasteiger partial charge in [-0.3, -0.25) is 4.79 Å². The lowest BCUT2D eigenvalue weighted by molar-refractivity contribution is -0.180. The molecular weight excluding hydrogens is 422 g/mol. The normalized spacial score (nSPS) is 17.4. The molecule has 0 aromatic heterocycles. The zero-order chi connectivity index (χ0) is 19.6. The van der Waals surface area contributed by atoms with Crippen molar-refractivity contribution in [3.05, 3.63) is 58.1 Å². The molecule has 2 aromatic rings. The van der Waals surface area contributed by atoms with Gasteiger partial charge in [-0.1, -0.05) is 53.9 Å². The number of hydrogen-bond donors (Lipinski definition) is 0. The molecule has 1 spiro atoms. The molecular formula is C22H24BrNO4. The van der Waals surface area contributed by atoms with Gasteiger partial charge < -0.3 is 19.1 Å². The highest BCUT2D eigenvalue weighted by molar-refractivity contribution is 9.10. The number of anilines is 1. The lowest BCUT2D eigenvalue weighted by Gasteiger charge is -2.23. The minimum atomic E-state index is -1.32. The lowest BCUT2D eigenvalue weighted by Crippen LogP contribution is -2.41. The molecule has 0 N–H and O–H groups in total. The Morgan fingerprint density at radius 1 is 1.14 bits per heavy atom. The predicted octanol–water partition coefficient (Wildman–Crippen LogP) is 4.76. The molecule has 2 aromatic carbocycles. The van der Waals surface area contributed by atoms with Crippen LogP contribution >= 0.6 is 15.9 Å². The van der Waals surface area contributed by atoms with Gasteiger partial charge in [0.05, 0.1) is 32.1 Å². The van der Waals surface area contributed by atoms with Crippen molar-refractivity contribution >= 4 is 27.5 Å². The first-order valence-electron chi connectivity index (χ1n) is 9.76. The van der Waals surface area contributed by atoms with Crippen LogP contribution in [0.2, 0.25) is 0 Å². The second kappa shape index (κ2) is 8.23. The van der Waals surface area contributed by atoms with Crippen LogP contribution in [0.15, 0.2) is 46.9 Å². The molecule has 1 amide bonds. The highest BCUT2D eigenvalue weighted by Crippen LogP contribution is 2.47. The van der Waals surface area contributed by atoms with Crippen LogP contribution in [-0.2, 0) is 26.6 Å². The molecule has 2 aliphatic heterocycles. The molecule has 0 unspecified atom stereocenters. The second-order valence-corrected chi connectivity index (χ2v) is 7.95. The van der Waals surface area contributed by atoms with Gasteiger partial charge in [0.15, 0.2) is 0 Å². The number of benzene rings is 2. The summed E-state index contributed by atoms with van der Waals surface area (Å²) >= 11 is 3.49. The zero-order valence-electron chi connectivity index (χ0n) is 15.9. The Morgan fingerprint density at radius 3 is 2.71 bits per heavy atom. The topological polar surface area (TPSA) is 48.0 Å². The third-order valence-electron chi connectivity index (χ3n) is 5.13. The fourth-order valence-electron chi connectivity index (χ4n) is 3.74. The van der Waals surface area contributed by atoms with Crippen LogP contribution in [0, 0.1) is 0 Å². The fourth-order valence-corrected chi connectivity index (χ4v) is 4.10. The maximum atomic E-state index is 13.3. The van der Waals surface area contributed by atoms with Crippen molar-refractivity contribution in [1.82, 2.24) is 0 Å². The third kappa shape index (κ3) is 3.45. The third-order valence-corrected chi connectivity index (χ3v) is 5.62. The second-order valence-electron chi connectivity index (χ2n) is 7.03. The molecule has 2 heterocycles. The average molecular weight is 446 g/mol. The molecule has 4 rings (SSSR count). The number of carbonyl (C=O) groups excluding carboxylic acids is 1. The number of amides is 1. The minimum Gasteiger partial charge on any atom is -0.493 e. The minimum absolute atomic E-state index is 0.182. The first kappa shape index (κ1) is 19.4. The van der Waals surface area contributed by atoms with E-state index in [0.29, 0.717) is 26.4 Å². The Bertz CT molecular complexity index is 863. The van der Waals surface area contributed by atoms with Gasteiger partial charge in [-0.25, -0.2) is 0 Å². The van der Waals surface area contributed by atoms with E-state index < -0.39 is 5.79 Å². The Morgan fingerprint density at radius 2 is 1.93 bits per heavy atom. The fraction of sp³-hybridized carbons (Fsp3) is 0.409. The van der Waals surface area contributed by atoms with Crippen molar-refractivity contribution in [2.45, 2.75) is 38.5 Å². The molecule has 0 saturated carbocycles. The number of rotatable bonds is 7. The number of unbranched alkanes of at least 4 members (excludes halogenated alkanes) is 2. The van der Waals surface area contributed by atoms with Gasteiger partial charge in [0.25, 0.3) is 11.7 Å². The van der Waals surface area contributed by atoms with E-state index in [1.807, 2.05) is 42.5 Å². The molecule has 28 heavy (non-hydrogen) atoms. The summed E-state index contributed by atoms with van der Waals surface area (Å²) in [6.45, 7) is 4.07. The number of para-hydroxylation sites is 1. The molecule has 1 saturated heterocycles. The molecule has 0 aliphatic carbocycles. The van der Waals surface area contributed by atoms with E-state index in [-0.39, 0.29) is 5.91 Å². The van der Waals surface area contributed by atoms with Crippen molar-refractivity contribution in [1.29, 1.82) is 0 Å². The Balaban J connectivity index is 1.62. The zero-order valence-corrected chi connectivity index (χ0v) is 17.5. The van der Waals surface area contributed by atoms with Crippen molar-refractivity contribution in [3.8, 4) is 5.75 Å². The number of ether oxygens (including phenoxy) is 3. The summed E-state index contributed by atoms with van der Waals surface area (Å²) in [5.74, 6) is -0.686. The molecule has 5 nitrogen and oxygen atoms in total. The molecule has 0 atom stereocenters. The van der Waals surface area contributed by atoms with Gasteiger partial charge in [-0.05, 0) is 30.7 Å². The van der Waals surface area contributed by atoms with Gasteiger partial charge in [-0.2, -0.15) is 0 Å². The summed E-state index contributed by atoms with van der Waals surface area (Å²) in [5, 5.41) is 0. The van der Waals surface area contributed by atoms with E-state index in [2.05, 4.69) is 22.9 Å². The average Bonchev–Trinajstić information content (AvgIpc) is 3.28. The summed E-state index contributed by atoms with van der Waals surface area (Å²) in [7, 11) is 0. The van der Waals surface area contributed by atoms with Gasteiger partial charge >= 0.3 is 0 Å². The standard InChI is InChI=1S/C22H24BrNO4/c1-2-3-6-11-26-20-8-5-4-7-16(20)15-24-19-10-9-17(23)14-18(19)22(21(24)25)27-12-13-28-22/h4-5,7-10,14H,2-3,6,11-13,15H2,1H3. The SMILES string of the molecule is CCCCCOc1ccccc1CN1C(=O)C2(OCCO2)c2cc(Br)ccc21.